The molecule has 0 aromatic heterocycles. The molecule has 1 aliphatic heterocycles. The molecule has 3 rings (SSSR count). The van der Waals surface area contributed by atoms with Gasteiger partial charge in [0.2, 0.25) is 0 Å². The zero-order chi connectivity index (χ0) is 13.8. The highest BCUT2D eigenvalue weighted by molar-refractivity contribution is 5.74. The lowest BCUT2D eigenvalue weighted by atomic mass is 9.74. The lowest BCUT2D eigenvalue weighted by Gasteiger charge is -2.37. The molecule has 2 fully saturated rings. The molecule has 1 aromatic rings. The number of carbonyl (C=O) groups excluding carboxylic acids is 1. The third-order valence-electron chi connectivity index (χ3n) is 4.83. The van der Waals surface area contributed by atoms with Crippen LogP contribution in [-0.4, -0.2) is 18.1 Å². The second-order valence-electron chi connectivity index (χ2n) is 6.08. The smallest absolute Gasteiger partial charge is 0.311 e. The van der Waals surface area contributed by atoms with Crippen LogP contribution in [0.4, 0.5) is 0 Å². The van der Waals surface area contributed by atoms with E-state index in [1.54, 1.807) is 0 Å². The molecule has 1 heterocycles. The summed E-state index contributed by atoms with van der Waals surface area (Å²) < 4.78 is 5.56. The van der Waals surface area contributed by atoms with E-state index in [9.17, 15) is 4.79 Å². The number of benzene rings is 1. The fourth-order valence-corrected chi connectivity index (χ4v) is 3.75. The van der Waals surface area contributed by atoms with E-state index in [4.69, 9.17) is 4.74 Å². The third kappa shape index (κ3) is 2.73. The van der Waals surface area contributed by atoms with Crippen molar-refractivity contribution in [3.05, 3.63) is 35.9 Å². The summed E-state index contributed by atoms with van der Waals surface area (Å²) in [4.78, 5) is 12.4. The zero-order valence-electron chi connectivity index (χ0n) is 11.9. The molecule has 20 heavy (non-hydrogen) atoms. The van der Waals surface area contributed by atoms with Gasteiger partial charge < -0.3 is 10.1 Å². The van der Waals surface area contributed by atoms with Crippen molar-refractivity contribution >= 4 is 5.97 Å². The van der Waals surface area contributed by atoms with Gasteiger partial charge in [-0.1, -0.05) is 49.6 Å². The summed E-state index contributed by atoms with van der Waals surface area (Å²) >= 11 is 0. The maximum atomic E-state index is 12.4. The molecule has 0 radical (unpaired) electrons. The summed E-state index contributed by atoms with van der Waals surface area (Å²) in [6, 6.07) is 9.92. The summed E-state index contributed by atoms with van der Waals surface area (Å²) in [6.45, 7) is 1.34. The van der Waals surface area contributed by atoms with Gasteiger partial charge in [-0.15, -0.1) is 0 Å². The van der Waals surface area contributed by atoms with E-state index in [0.29, 0.717) is 6.61 Å². The highest BCUT2D eigenvalue weighted by Gasteiger charge is 2.47. The van der Waals surface area contributed by atoms with Crippen LogP contribution in [0.5, 0.6) is 0 Å². The van der Waals surface area contributed by atoms with Gasteiger partial charge in [0.1, 0.15) is 6.61 Å². The van der Waals surface area contributed by atoms with Crippen LogP contribution in [0, 0.1) is 5.92 Å². The Morgan fingerprint density at radius 1 is 1.20 bits per heavy atom. The van der Waals surface area contributed by atoms with E-state index in [1.807, 2.05) is 30.3 Å². The average molecular weight is 273 g/mol. The van der Waals surface area contributed by atoms with Crippen molar-refractivity contribution < 1.29 is 9.53 Å². The lowest BCUT2D eigenvalue weighted by Crippen LogP contribution is -2.49. The van der Waals surface area contributed by atoms with Crippen LogP contribution < -0.4 is 5.32 Å². The van der Waals surface area contributed by atoms with Crippen LogP contribution in [0.2, 0.25) is 0 Å². The molecule has 3 heteroatoms. The fourth-order valence-electron chi connectivity index (χ4n) is 3.75. The van der Waals surface area contributed by atoms with Gasteiger partial charge in [-0.3, -0.25) is 4.79 Å². The quantitative estimate of drug-likeness (QED) is 0.860. The Morgan fingerprint density at radius 2 is 1.95 bits per heavy atom. The molecule has 1 saturated carbocycles. The van der Waals surface area contributed by atoms with Crippen molar-refractivity contribution in [3.63, 3.8) is 0 Å². The molecule has 3 nitrogen and oxygen atoms in total. The molecule has 2 aliphatic rings. The molecule has 1 N–H and O–H groups in total. The Hall–Kier alpha value is -1.35. The van der Waals surface area contributed by atoms with Gasteiger partial charge in [-0.05, 0) is 31.4 Å². The molecule has 1 spiro atoms. The minimum absolute atomic E-state index is 0.0132. The Balaban J connectivity index is 1.61. The van der Waals surface area contributed by atoms with Crippen LogP contribution in [0.3, 0.4) is 0 Å². The second kappa shape index (κ2) is 5.96. The van der Waals surface area contributed by atoms with Crippen LogP contribution in [-0.2, 0) is 16.1 Å². The summed E-state index contributed by atoms with van der Waals surface area (Å²) in [5.41, 5.74) is 1.09. The van der Waals surface area contributed by atoms with Gasteiger partial charge in [-0.25, -0.2) is 0 Å². The molecule has 1 saturated heterocycles. The first-order valence-electron chi connectivity index (χ1n) is 7.76. The first kappa shape index (κ1) is 13.6. The molecule has 1 aliphatic carbocycles. The van der Waals surface area contributed by atoms with Crippen LogP contribution >= 0.6 is 0 Å². The van der Waals surface area contributed by atoms with Gasteiger partial charge in [0.15, 0.2) is 0 Å². The van der Waals surface area contributed by atoms with E-state index >= 15 is 0 Å². The summed E-state index contributed by atoms with van der Waals surface area (Å²) in [5.74, 6) is 0.0345. The Labute approximate surface area is 120 Å². The Kier molecular flexibility index (Phi) is 4.06. The molecule has 108 valence electrons. The lowest BCUT2D eigenvalue weighted by molar-refractivity contribution is -0.152. The molecule has 1 aromatic carbocycles. The van der Waals surface area contributed by atoms with Gasteiger partial charge in [0, 0.05) is 5.54 Å². The average Bonchev–Trinajstić information content (AvgIpc) is 2.90. The number of rotatable bonds is 3. The topological polar surface area (TPSA) is 38.3 Å². The maximum Gasteiger partial charge on any atom is 0.311 e. The Bertz CT molecular complexity index is 451. The predicted octanol–water partition coefficient (Wildman–Crippen LogP) is 3.04. The van der Waals surface area contributed by atoms with E-state index in [1.165, 1.54) is 19.3 Å². The first-order valence-corrected chi connectivity index (χ1v) is 7.76. The maximum absolute atomic E-state index is 12.4. The third-order valence-corrected chi connectivity index (χ3v) is 4.83. The van der Waals surface area contributed by atoms with E-state index in [2.05, 4.69) is 5.32 Å². The second-order valence-corrected chi connectivity index (χ2v) is 6.08. The fraction of sp³-hybridized carbons (Fsp3) is 0.588. The summed E-state index contributed by atoms with van der Waals surface area (Å²) in [7, 11) is 0. The normalized spacial score (nSPS) is 24.7. The van der Waals surface area contributed by atoms with Crippen LogP contribution in [0.15, 0.2) is 30.3 Å². The SMILES string of the molecule is O=C(OCc1ccccc1)C1CCNC12CCCCC2. The monoisotopic (exact) mass is 273 g/mol. The van der Waals surface area contributed by atoms with Crippen molar-refractivity contribution in [2.75, 3.05) is 6.54 Å². The van der Waals surface area contributed by atoms with Gasteiger partial charge in [0.05, 0.1) is 5.92 Å². The van der Waals surface area contributed by atoms with Crippen molar-refractivity contribution in [2.45, 2.75) is 50.7 Å². The zero-order valence-corrected chi connectivity index (χ0v) is 11.9. The van der Waals surface area contributed by atoms with Gasteiger partial charge in [-0.2, -0.15) is 0 Å². The van der Waals surface area contributed by atoms with Gasteiger partial charge >= 0.3 is 5.97 Å². The number of hydrogen-bond acceptors (Lipinski definition) is 3. The number of nitrogens with one attached hydrogen (secondary N) is 1. The number of ether oxygens (including phenoxy) is 1. The predicted molar refractivity (Wildman–Crippen MR) is 78.2 cm³/mol. The molecule has 0 amide bonds. The first-order chi connectivity index (χ1) is 9.80. The van der Waals surface area contributed by atoms with E-state index < -0.39 is 0 Å². The van der Waals surface area contributed by atoms with Gasteiger partial charge in [0.25, 0.3) is 0 Å². The molecule has 1 atom stereocenters. The molecule has 1 unspecified atom stereocenters. The van der Waals surface area contributed by atoms with Crippen LogP contribution in [0.25, 0.3) is 0 Å². The minimum Gasteiger partial charge on any atom is -0.461 e. The van der Waals surface area contributed by atoms with E-state index in [0.717, 1.165) is 31.4 Å². The van der Waals surface area contributed by atoms with Crippen molar-refractivity contribution in [3.8, 4) is 0 Å². The number of carbonyl (C=O) groups is 1. The summed E-state index contributed by atoms with van der Waals surface area (Å²) in [5, 5.41) is 3.60. The molecular formula is C17H23NO2. The minimum atomic E-state index is -0.0132. The highest BCUT2D eigenvalue weighted by atomic mass is 16.5. The van der Waals surface area contributed by atoms with Crippen molar-refractivity contribution in [1.29, 1.82) is 0 Å². The molecule has 0 bridgehead atoms. The largest absolute Gasteiger partial charge is 0.461 e. The van der Waals surface area contributed by atoms with Crippen molar-refractivity contribution in [2.24, 2.45) is 5.92 Å². The van der Waals surface area contributed by atoms with Crippen LogP contribution in [0.1, 0.15) is 44.1 Å². The number of hydrogen-bond donors (Lipinski definition) is 1. The molecular weight excluding hydrogens is 250 g/mol. The Morgan fingerprint density at radius 3 is 2.70 bits per heavy atom. The van der Waals surface area contributed by atoms with E-state index in [-0.39, 0.29) is 17.4 Å². The highest BCUT2D eigenvalue weighted by Crippen LogP contribution is 2.40. The van der Waals surface area contributed by atoms with Crippen molar-refractivity contribution in [1.82, 2.24) is 5.32 Å². The number of esters is 1. The summed E-state index contributed by atoms with van der Waals surface area (Å²) in [6.07, 6.45) is 6.93. The standard InChI is InChI=1S/C17H23NO2/c19-16(20-13-14-7-3-1-4-8-14)15-9-12-18-17(15)10-5-2-6-11-17/h1,3-4,7-8,15,18H,2,5-6,9-13H2.